The van der Waals surface area contributed by atoms with Gasteiger partial charge in [0.25, 0.3) is 0 Å². The molecule has 1 aromatic carbocycles. The van der Waals surface area contributed by atoms with E-state index in [1.807, 2.05) is 29.6 Å². The van der Waals surface area contributed by atoms with Gasteiger partial charge in [-0.2, -0.15) is 4.98 Å². The van der Waals surface area contributed by atoms with E-state index in [-0.39, 0.29) is 0 Å². The first-order chi connectivity index (χ1) is 14.7. The molecule has 0 aliphatic carbocycles. The maximum Gasteiger partial charge on any atom is 0.345 e. The number of pyridine rings is 1. The van der Waals surface area contributed by atoms with E-state index in [2.05, 4.69) is 20.1 Å². The molecule has 0 saturated heterocycles. The third kappa shape index (κ3) is 3.46. The fraction of sp³-hybridized carbons (Fsp3) is 0.0952. The van der Waals surface area contributed by atoms with Crippen LogP contribution in [0.25, 0.3) is 33.6 Å². The Morgan fingerprint density at radius 1 is 1.17 bits per heavy atom. The average Bonchev–Trinajstić information content (AvgIpc) is 3.43. The number of fused-ring (bicyclic) bond motifs is 1. The standard InChI is InChI=1S/C21H14N4O4S/c1-27-14-5-4-12-7-15(21(26)28-17(12)8-14)16-11-30-19(23-16)9-18-24-20(25-29-18)13-3-2-6-22-10-13/h2-8,10-11H,9H2,1H3. The summed E-state index contributed by atoms with van der Waals surface area (Å²) in [4.78, 5) is 25.5. The van der Waals surface area contributed by atoms with E-state index < -0.39 is 5.63 Å². The molecular weight excluding hydrogens is 404 g/mol. The Kier molecular flexibility index (Phi) is 4.56. The lowest BCUT2D eigenvalue weighted by atomic mass is 10.1. The molecule has 5 rings (SSSR count). The van der Waals surface area contributed by atoms with Gasteiger partial charge in [0.05, 0.1) is 24.8 Å². The van der Waals surface area contributed by atoms with Gasteiger partial charge in [-0.05, 0) is 30.3 Å². The minimum atomic E-state index is -0.454. The van der Waals surface area contributed by atoms with Crippen LogP contribution in [-0.2, 0) is 6.42 Å². The second-order valence-electron chi connectivity index (χ2n) is 6.41. The number of rotatable bonds is 5. The molecule has 0 unspecified atom stereocenters. The molecule has 0 atom stereocenters. The summed E-state index contributed by atoms with van der Waals surface area (Å²) >= 11 is 1.41. The van der Waals surface area contributed by atoms with Gasteiger partial charge >= 0.3 is 5.63 Å². The third-order valence-electron chi connectivity index (χ3n) is 4.46. The van der Waals surface area contributed by atoms with Gasteiger partial charge in [-0.15, -0.1) is 11.3 Å². The van der Waals surface area contributed by atoms with Crippen LogP contribution in [0.4, 0.5) is 0 Å². The molecule has 4 heterocycles. The Morgan fingerprint density at radius 3 is 2.93 bits per heavy atom. The van der Waals surface area contributed by atoms with Crippen LogP contribution in [0.5, 0.6) is 5.75 Å². The Labute approximate surface area is 173 Å². The molecule has 30 heavy (non-hydrogen) atoms. The third-order valence-corrected chi connectivity index (χ3v) is 5.31. The van der Waals surface area contributed by atoms with E-state index in [1.165, 1.54) is 11.3 Å². The van der Waals surface area contributed by atoms with Gasteiger partial charge in [0.15, 0.2) is 0 Å². The molecule has 0 radical (unpaired) electrons. The van der Waals surface area contributed by atoms with Crippen LogP contribution in [0.3, 0.4) is 0 Å². The van der Waals surface area contributed by atoms with Gasteiger partial charge in [-0.3, -0.25) is 4.98 Å². The van der Waals surface area contributed by atoms with Crippen molar-refractivity contribution in [1.29, 1.82) is 0 Å². The number of thiazole rings is 1. The predicted octanol–water partition coefficient (Wildman–Crippen LogP) is 3.96. The fourth-order valence-electron chi connectivity index (χ4n) is 2.98. The number of benzene rings is 1. The van der Waals surface area contributed by atoms with E-state index in [1.54, 1.807) is 31.6 Å². The lowest BCUT2D eigenvalue weighted by molar-refractivity contribution is 0.385. The normalized spacial score (nSPS) is 11.1. The highest BCUT2D eigenvalue weighted by Gasteiger charge is 2.15. The van der Waals surface area contributed by atoms with Gasteiger partial charge in [-0.1, -0.05) is 5.16 Å². The molecule has 0 aliphatic rings. The van der Waals surface area contributed by atoms with Crippen molar-refractivity contribution in [1.82, 2.24) is 20.1 Å². The topological polar surface area (TPSA) is 104 Å². The summed E-state index contributed by atoms with van der Waals surface area (Å²) in [5.74, 6) is 1.53. The molecular formula is C21H14N4O4S. The highest BCUT2D eigenvalue weighted by atomic mass is 32.1. The van der Waals surface area contributed by atoms with Crippen LogP contribution >= 0.6 is 11.3 Å². The van der Waals surface area contributed by atoms with Crippen molar-refractivity contribution >= 4 is 22.3 Å². The monoisotopic (exact) mass is 418 g/mol. The van der Waals surface area contributed by atoms with Crippen LogP contribution in [0.1, 0.15) is 10.9 Å². The zero-order valence-corrected chi connectivity index (χ0v) is 16.5. The molecule has 0 spiro atoms. The zero-order valence-electron chi connectivity index (χ0n) is 15.7. The van der Waals surface area contributed by atoms with Gasteiger partial charge in [-0.25, -0.2) is 9.78 Å². The second-order valence-corrected chi connectivity index (χ2v) is 7.35. The molecule has 0 fully saturated rings. The van der Waals surface area contributed by atoms with Gasteiger partial charge in [0.2, 0.25) is 11.7 Å². The minimum Gasteiger partial charge on any atom is -0.497 e. The number of nitrogens with zero attached hydrogens (tertiary/aromatic N) is 4. The summed E-state index contributed by atoms with van der Waals surface area (Å²) in [6.45, 7) is 0. The van der Waals surface area contributed by atoms with Crippen molar-refractivity contribution in [3.8, 4) is 28.4 Å². The molecule has 0 amide bonds. The summed E-state index contributed by atoms with van der Waals surface area (Å²) in [5.41, 5.74) is 1.74. The van der Waals surface area contributed by atoms with E-state index >= 15 is 0 Å². The number of methoxy groups -OCH3 is 1. The number of aromatic nitrogens is 4. The van der Waals surface area contributed by atoms with E-state index in [0.717, 1.165) is 16.0 Å². The number of ether oxygens (including phenoxy) is 1. The summed E-state index contributed by atoms with van der Waals surface area (Å²) < 4.78 is 15.9. The maximum absolute atomic E-state index is 12.5. The summed E-state index contributed by atoms with van der Waals surface area (Å²) in [7, 11) is 1.56. The fourth-order valence-corrected chi connectivity index (χ4v) is 3.77. The van der Waals surface area contributed by atoms with Crippen LogP contribution < -0.4 is 10.4 Å². The van der Waals surface area contributed by atoms with Gasteiger partial charge in [0, 0.05) is 34.8 Å². The highest BCUT2D eigenvalue weighted by Crippen LogP contribution is 2.26. The Balaban J connectivity index is 1.41. The van der Waals surface area contributed by atoms with Crippen molar-refractivity contribution in [2.75, 3.05) is 7.11 Å². The first kappa shape index (κ1) is 18.2. The van der Waals surface area contributed by atoms with E-state index in [4.69, 9.17) is 13.7 Å². The molecule has 5 aromatic rings. The predicted molar refractivity (Wildman–Crippen MR) is 110 cm³/mol. The molecule has 0 bridgehead atoms. The Morgan fingerprint density at radius 2 is 2.10 bits per heavy atom. The van der Waals surface area contributed by atoms with Crippen LogP contribution in [-0.4, -0.2) is 27.2 Å². The SMILES string of the molecule is COc1ccc2cc(-c3csc(Cc4nc(-c5cccnc5)no4)n3)c(=O)oc2c1. The molecule has 148 valence electrons. The lowest BCUT2D eigenvalue weighted by Crippen LogP contribution is -2.03. The largest absolute Gasteiger partial charge is 0.497 e. The average molecular weight is 418 g/mol. The molecule has 0 aliphatic heterocycles. The van der Waals surface area contributed by atoms with E-state index in [0.29, 0.717) is 40.7 Å². The number of hydrogen-bond donors (Lipinski definition) is 0. The second kappa shape index (κ2) is 7.53. The highest BCUT2D eigenvalue weighted by molar-refractivity contribution is 7.10. The van der Waals surface area contributed by atoms with Crippen molar-refractivity contribution in [3.05, 3.63) is 75.5 Å². The van der Waals surface area contributed by atoms with Crippen LogP contribution in [0, 0.1) is 0 Å². The van der Waals surface area contributed by atoms with Crippen molar-refractivity contribution in [2.45, 2.75) is 6.42 Å². The summed E-state index contributed by atoms with van der Waals surface area (Å²) in [6, 6.07) is 10.8. The zero-order chi connectivity index (χ0) is 20.5. The first-order valence-electron chi connectivity index (χ1n) is 8.99. The first-order valence-corrected chi connectivity index (χ1v) is 9.87. The van der Waals surface area contributed by atoms with Crippen LogP contribution in [0.15, 0.2) is 67.9 Å². The summed E-state index contributed by atoms with van der Waals surface area (Å²) in [5, 5.41) is 7.34. The molecule has 9 heteroatoms. The number of hydrogen-bond acceptors (Lipinski definition) is 9. The lowest BCUT2D eigenvalue weighted by Gasteiger charge is -2.02. The maximum atomic E-state index is 12.5. The van der Waals surface area contributed by atoms with Gasteiger partial charge in [0.1, 0.15) is 16.3 Å². The van der Waals surface area contributed by atoms with Crippen molar-refractivity contribution < 1.29 is 13.7 Å². The molecule has 8 nitrogen and oxygen atoms in total. The molecule has 0 N–H and O–H groups in total. The summed E-state index contributed by atoms with van der Waals surface area (Å²) in [6.07, 6.45) is 3.72. The van der Waals surface area contributed by atoms with Crippen molar-refractivity contribution in [2.24, 2.45) is 0 Å². The van der Waals surface area contributed by atoms with E-state index in [9.17, 15) is 4.79 Å². The Hall–Kier alpha value is -3.85. The molecule has 4 aromatic heterocycles. The van der Waals surface area contributed by atoms with Gasteiger partial charge < -0.3 is 13.7 Å². The minimum absolute atomic E-state index is 0.369. The Bertz CT molecular complexity index is 1390. The van der Waals surface area contributed by atoms with Crippen molar-refractivity contribution in [3.63, 3.8) is 0 Å². The quantitative estimate of drug-likeness (QED) is 0.395. The van der Waals surface area contributed by atoms with Crippen LogP contribution in [0.2, 0.25) is 0 Å². The smallest absolute Gasteiger partial charge is 0.345 e. The molecule has 0 saturated carbocycles.